The molecule has 6 heteroatoms. The van der Waals surface area contributed by atoms with Crippen molar-refractivity contribution in [3.05, 3.63) is 46.6 Å². The van der Waals surface area contributed by atoms with Gasteiger partial charge in [0.05, 0.1) is 11.2 Å². The fraction of sp³-hybridized carbons (Fsp3) is 0.435. The summed E-state index contributed by atoms with van der Waals surface area (Å²) in [6.45, 7) is 8.36. The highest BCUT2D eigenvalue weighted by atomic mass is 32.1. The largest absolute Gasteiger partial charge is 0.360 e. The standard InChI is InChI=1S/C23H29N5S/c1-14-10-16(3)22-19(11-14)15(2)12-20(25-22)28-21(13-17(4)27-28)26-23(29)24-18-8-6-5-7-9-18/h10-13,18H,5-9H2,1-4H3,(H2,24,26,29). The van der Waals surface area contributed by atoms with E-state index < -0.39 is 0 Å². The van der Waals surface area contributed by atoms with Crippen LogP contribution in [0.5, 0.6) is 0 Å². The molecular weight excluding hydrogens is 378 g/mol. The molecule has 2 aromatic heterocycles. The van der Waals surface area contributed by atoms with Crippen LogP contribution in [-0.2, 0) is 0 Å². The molecule has 1 aliphatic rings. The van der Waals surface area contributed by atoms with Gasteiger partial charge in [-0.3, -0.25) is 0 Å². The minimum atomic E-state index is 0.466. The van der Waals surface area contributed by atoms with Crippen LogP contribution in [0.3, 0.4) is 0 Å². The molecule has 152 valence electrons. The molecule has 0 spiro atoms. The van der Waals surface area contributed by atoms with Crippen LogP contribution in [0.15, 0.2) is 24.3 Å². The number of thiocarbonyl (C=S) groups is 1. The second kappa shape index (κ2) is 8.11. The lowest BCUT2D eigenvalue weighted by atomic mass is 9.96. The van der Waals surface area contributed by atoms with E-state index in [1.807, 2.05) is 17.7 Å². The van der Waals surface area contributed by atoms with Crippen molar-refractivity contribution in [2.24, 2.45) is 0 Å². The Bertz CT molecular complexity index is 1060. The number of anilines is 1. The number of nitrogens with one attached hydrogen (secondary N) is 2. The molecular formula is C23H29N5S. The maximum Gasteiger partial charge on any atom is 0.172 e. The normalized spacial score (nSPS) is 14.9. The van der Waals surface area contributed by atoms with E-state index >= 15 is 0 Å². The number of hydrogen-bond donors (Lipinski definition) is 2. The van der Waals surface area contributed by atoms with E-state index in [2.05, 4.69) is 54.7 Å². The van der Waals surface area contributed by atoms with Gasteiger partial charge in [0.2, 0.25) is 0 Å². The summed E-state index contributed by atoms with van der Waals surface area (Å²) in [7, 11) is 0. The third-order valence-corrected chi connectivity index (χ3v) is 5.89. The molecule has 1 aromatic carbocycles. The molecule has 3 aromatic rings. The van der Waals surface area contributed by atoms with Crippen LogP contribution in [0.4, 0.5) is 5.82 Å². The number of nitrogens with zero attached hydrogens (tertiary/aromatic N) is 3. The van der Waals surface area contributed by atoms with Crippen LogP contribution >= 0.6 is 12.2 Å². The number of pyridine rings is 1. The number of hydrogen-bond acceptors (Lipinski definition) is 3. The second-order valence-electron chi connectivity index (χ2n) is 8.29. The van der Waals surface area contributed by atoms with Gasteiger partial charge in [-0.2, -0.15) is 9.78 Å². The van der Waals surface area contributed by atoms with Gasteiger partial charge < -0.3 is 10.6 Å². The molecule has 0 aliphatic heterocycles. The first-order valence-corrected chi connectivity index (χ1v) is 10.8. The van der Waals surface area contributed by atoms with Crippen molar-refractivity contribution >= 4 is 34.1 Å². The van der Waals surface area contributed by atoms with Gasteiger partial charge in [0, 0.05) is 17.5 Å². The highest BCUT2D eigenvalue weighted by molar-refractivity contribution is 7.80. The zero-order valence-corrected chi connectivity index (χ0v) is 18.5. The van der Waals surface area contributed by atoms with Gasteiger partial charge >= 0.3 is 0 Å². The second-order valence-corrected chi connectivity index (χ2v) is 8.70. The summed E-state index contributed by atoms with van der Waals surface area (Å²) in [4.78, 5) is 4.94. The van der Waals surface area contributed by atoms with Crippen LogP contribution < -0.4 is 10.6 Å². The van der Waals surface area contributed by atoms with Crippen LogP contribution in [0.1, 0.15) is 54.5 Å². The zero-order valence-electron chi connectivity index (χ0n) is 17.7. The number of rotatable bonds is 3. The van der Waals surface area contributed by atoms with E-state index in [0.717, 1.165) is 22.8 Å². The fourth-order valence-corrected chi connectivity index (χ4v) is 4.55. The quantitative estimate of drug-likeness (QED) is 0.579. The van der Waals surface area contributed by atoms with Crippen molar-refractivity contribution in [3.63, 3.8) is 0 Å². The summed E-state index contributed by atoms with van der Waals surface area (Å²) < 4.78 is 1.86. The Kier molecular flexibility index (Phi) is 5.54. The summed E-state index contributed by atoms with van der Waals surface area (Å²) in [5, 5.41) is 13.3. The van der Waals surface area contributed by atoms with Crippen molar-refractivity contribution < 1.29 is 0 Å². The Balaban J connectivity index is 1.65. The van der Waals surface area contributed by atoms with E-state index in [-0.39, 0.29) is 0 Å². The molecule has 0 saturated heterocycles. The molecule has 2 N–H and O–H groups in total. The predicted molar refractivity (Wildman–Crippen MR) is 124 cm³/mol. The summed E-state index contributed by atoms with van der Waals surface area (Å²) in [5.74, 6) is 1.64. The van der Waals surface area contributed by atoms with Crippen molar-refractivity contribution in [1.82, 2.24) is 20.1 Å². The van der Waals surface area contributed by atoms with Gasteiger partial charge in [-0.05, 0) is 76.0 Å². The smallest absolute Gasteiger partial charge is 0.172 e. The van der Waals surface area contributed by atoms with E-state index in [9.17, 15) is 0 Å². The lowest BCUT2D eigenvalue weighted by Gasteiger charge is -2.24. The van der Waals surface area contributed by atoms with Crippen molar-refractivity contribution in [3.8, 4) is 5.82 Å². The van der Waals surface area contributed by atoms with E-state index in [4.69, 9.17) is 17.2 Å². The van der Waals surface area contributed by atoms with Gasteiger partial charge in [0.25, 0.3) is 0 Å². The lowest BCUT2D eigenvalue weighted by Crippen LogP contribution is -2.39. The fourth-order valence-electron chi connectivity index (χ4n) is 4.28. The molecule has 4 rings (SSSR count). The molecule has 1 fully saturated rings. The Morgan fingerprint density at radius 2 is 1.76 bits per heavy atom. The van der Waals surface area contributed by atoms with Gasteiger partial charge in [-0.1, -0.05) is 30.9 Å². The molecule has 2 heterocycles. The van der Waals surface area contributed by atoms with Gasteiger partial charge in [0.15, 0.2) is 10.9 Å². The molecule has 5 nitrogen and oxygen atoms in total. The van der Waals surface area contributed by atoms with Crippen molar-refractivity contribution in [1.29, 1.82) is 0 Å². The molecule has 0 amide bonds. The first-order chi connectivity index (χ1) is 13.9. The van der Waals surface area contributed by atoms with Gasteiger partial charge in [-0.15, -0.1) is 0 Å². The number of aromatic nitrogens is 3. The first kappa shape index (κ1) is 19.8. The summed E-state index contributed by atoms with van der Waals surface area (Å²) in [6.07, 6.45) is 6.25. The zero-order chi connectivity index (χ0) is 20.5. The maximum atomic E-state index is 5.59. The highest BCUT2D eigenvalue weighted by Crippen LogP contribution is 2.26. The first-order valence-electron chi connectivity index (χ1n) is 10.4. The Morgan fingerprint density at radius 1 is 1.00 bits per heavy atom. The minimum Gasteiger partial charge on any atom is -0.360 e. The molecule has 0 unspecified atom stereocenters. The van der Waals surface area contributed by atoms with E-state index in [0.29, 0.717) is 11.2 Å². The average Bonchev–Trinajstić information content (AvgIpc) is 3.03. The van der Waals surface area contributed by atoms with Gasteiger partial charge in [-0.25, -0.2) is 4.98 Å². The SMILES string of the molecule is Cc1cc(C)c2nc(-n3nc(C)cc3NC(=S)NC3CCCCC3)cc(C)c2c1. The molecule has 0 bridgehead atoms. The number of aryl methyl sites for hydroxylation is 4. The van der Waals surface area contributed by atoms with Crippen molar-refractivity contribution in [2.75, 3.05) is 5.32 Å². The third kappa shape index (κ3) is 4.27. The van der Waals surface area contributed by atoms with E-state index in [1.54, 1.807) is 0 Å². The van der Waals surface area contributed by atoms with Crippen LogP contribution in [0, 0.1) is 27.7 Å². The van der Waals surface area contributed by atoms with E-state index in [1.165, 1.54) is 54.2 Å². The monoisotopic (exact) mass is 407 g/mol. The topological polar surface area (TPSA) is 54.8 Å². The Hall–Kier alpha value is -2.47. The lowest BCUT2D eigenvalue weighted by molar-refractivity contribution is 0.414. The maximum absolute atomic E-state index is 5.59. The summed E-state index contributed by atoms with van der Waals surface area (Å²) in [6, 6.07) is 8.95. The summed E-state index contributed by atoms with van der Waals surface area (Å²) >= 11 is 5.59. The summed E-state index contributed by atoms with van der Waals surface area (Å²) in [5.41, 5.74) is 5.57. The van der Waals surface area contributed by atoms with Gasteiger partial charge in [0.1, 0.15) is 5.82 Å². The minimum absolute atomic E-state index is 0.466. The number of benzene rings is 1. The highest BCUT2D eigenvalue weighted by Gasteiger charge is 2.17. The molecule has 1 aliphatic carbocycles. The molecule has 1 saturated carbocycles. The van der Waals surface area contributed by atoms with Crippen LogP contribution in [0.2, 0.25) is 0 Å². The molecule has 0 atom stereocenters. The third-order valence-electron chi connectivity index (χ3n) is 5.67. The Morgan fingerprint density at radius 3 is 2.52 bits per heavy atom. The average molecular weight is 408 g/mol. The number of fused-ring (bicyclic) bond motifs is 1. The van der Waals surface area contributed by atoms with Crippen LogP contribution in [0.25, 0.3) is 16.7 Å². The van der Waals surface area contributed by atoms with Crippen LogP contribution in [-0.4, -0.2) is 25.9 Å². The van der Waals surface area contributed by atoms with Crippen molar-refractivity contribution in [2.45, 2.75) is 65.8 Å². The molecule has 0 radical (unpaired) electrons. The molecule has 29 heavy (non-hydrogen) atoms. The predicted octanol–water partition coefficient (Wildman–Crippen LogP) is 5.27. The Labute approximate surface area is 177 Å².